The number of benzene rings is 2. The van der Waals surface area contributed by atoms with Crippen LogP contribution in [0.5, 0.6) is 0 Å². The minimum absolute atomic E-state index is 0.0311. The Balaban J connectivity index is 1.64. The van der Waals surface area contributed by atoms with Gasteiger partial charge < -0.3 is 15.4 Å². The maximum Gasteiger partial charge on any atom is 0.410 e. The molecule has 11 heteroatoms. The predicted octanol–water partition coefficient (Wildman–Crippen LogP) is 4.92. The Labute approximate surface area is 237 Å². The van der Waals surface area contributed by atoms with E-state index in [-0.39, 0.29) is 24.7 Å². The summed E-state index contributed by atoms with van der Waals surface area (Å²) in [6.45, 7) is 8.04. The highest BCUT2D eigenvalue weighted by Crippen LogP contribution is 2.26. The van der Waals surface area contributed by atoms with Gasteiger partial charge in [-0.2, -0.15) is 5.10 Å². The summed E-state index contributed by atoms with van der Waals surface area (Å²) < 4.78 is 21.0. The van der Waals surface area contributed by atoms with E-state index in [0.29, 0.717) is 70.7 Å². The normalized spacial score (nSPS) is 14.5. The summed E-state index contributed by atoms with van der Waals surface area (Å²) in [6.07, 6.45) is -0.348. The average molecular weight is 577 g/mol. The second kappa shape index (κ2) is 12.0. The Kier molecular flexibility index (Phi) is 8.96. The molecule has 0 spiro atoms. The molecule has 1 aromatic heterocycles. The largest absolute Gasteiger partial charge is 0.444 e. The van der Waals surface area contributed by atoms with Gasteiger partial charge in [0.15, 0.2) is 0 Å². The zero-order chi connectivity index (χ0) is 28.3. The molecule has 0 radical (unpaired) electrons. The lowest BCUT2D eigenvalue weighted by Crippen LogP contribution is -2.50. The summed E-state index contributed by atoms with van der Waals surface area (Å²) in [4.78, 5) is 29.8. The Hall–Kier alpha value is -2.98. The first-order valence-electron chi connectivity index (χ1n) is 12.7. The Morgan fingerprint density at radius 1 is 1.03 bits per heavy atom. The van der Waals surface area contributed by atoms with E-state index in [1.807, 2.05) is 20.8 Å². The number of ether oxygens (including phenoxy) is 1. The number of hydrogen-bond donors (Lipinski definition) is 1. The van der Waals surface area contributed by atoms with Crippen molar-refractivity contribution in [3.8, 4) is 11.3 Å². The molecule has 0 saturated carbocycles. The van der Waals surface area contributed by atoms with E-state index >= 15 is 0 Å². The van der Waals surface area contributed by atoms with Crippen molar-refractivity contribution in [3.05, 3.63) is 85.4 Å². The molecule has 1 aliphatic heterocycles. The number of rotatable bonds is 6. The smallest absolute Gasteiger partial charge is 0.410 e. The van der Waals surface area contributed by atoms with Gasteiger partial charge in [0.2, 0.25) is 0 Å². The zero-order valence-corrected chi connectivity index (χ0v) is 23.7. The molecule has 2 N–H and O–H groups in total. The molecule has 1 aliphatic rings. The van der Waals surface area contributed by atoms with Gasteiger partial charge in [0.1, 0.15) is 11.4 Å². The van der Waals surface area contributed by atoms with Gasteiger partial charge in [0.05, 0.1) is 12.2 Å². The fourth-order valence-electron chi connectivity index (χ4n) is 4.34. The second-order valence-corrected chi connectivity index (χ2v) is 11.3. The van der Waals surface area contributed by atoms with Crippen LogP contribution >= 0.6 is 23.2 Å². The third-order valence-corrected chi connectivity index (χ3v) is 7.11. The number of halogens is 3. The van der Waals surface area contributed by atoms with Crippen molar-refractivity contribution in [1.29, 1.82) is 0 Å². The van der Waals surface area contributed by atoms with E-state index in [9.17, 15) is 14.0 Å². The standard InChI is InChI=1S/C28H32Cl2FN5O3/c1-28(2,3)39-27(38)35-11-9-34(10-12-35)16-20-14-25(18-7-8-24(31)19(13-18)15-32)33-36(26(20)37)17-21-22(29)5-4-6-23(21)30/h4-8,13-14H,9-12,15-17,32H2,1-3H3. The number of carbonyl (C=O) groups is 1. The lowest BCUT2D eigenvalue weighted by molar-refractivity contribution is 0.0138. The molecule has 1 saturated heterocycles. The molecule has 3 aromatic rings. The SMILES string of the molecule is CC(C)(C)OC(=O)N1CCN(Cc2cc(-c3ccc(F)c(CN)c3)nn(Cc3c(Cl)cccc3Cl)c2=O)CC1. The van der Waals surface area contributed by atoms with Crippen molar-refractivity contribution in [2.45, 2.75) is 46.0 Å². The lowest BCUT2D eigenvalue weighted by Gasteiger charge is -2.35. The van der Waals surface area contributed by atoms with Crippen molar-refractivity contribution in [1.82, 2.24) is 19.6 Å². The van der Waals surface area contributed by atoms with Crippen LogP contribution < -0.4 is 11.3 Å². The predicted molar refractivity (Wildman–Crippen MR) is 150 cm³/mol. The highest BCUT2D eigenvalue weighted by atomic mass is 35.5. The molecule has 2 heterocycles. The van der Waals surface area contributed by atoms with Gasteiger partial charge in [-0.1, -0.05) is 29.3 Å². The second-order valence-electron chi connectivity index (χ2n) is 10.5. The topological polar surface area (TPSA) is 93.7 Å². The van der Waals surface area contributed by atoms with Crippen LogP contribution in [-0.4, -0.2) is 57.5 Å². The Bertz CT molecular complexity index is 1400. The van der Waals surface area contributed by atoms with Crippen LogP contribution in [0.3, 0.4) is 0 Å². The number of amides is 1. The number of hydrogen-bond acceptors (Lipinski definition) is 6. The zero-order valence-electron chi connectivity index (χ0n) is 22.2. The number of carbonyl (C=O) groups excluding carboxylic acids is 1. The van der Waals surface area contributed by atoms with E-state index in [4.69, 9.17) is 33.7 Å². The fourth-order valence-corrected chi connectivity index (χ4v) is 4.85. The number of nitrogens with zero attached hydrogens (tertiary/aromatic N) is 4. The summed E-state index contributed by atoms with van der Waals surface area (Å²) >= 11 is 12.8. The Morgan fingerprint density at radius 3 is 2.31 bits per heavy atom. The van der Waals surface area contributed by atoms with E-state index in [1.54, 1.807) is 41.3 Å². The van der Waals surface area contributed by atoms with E-state index < -0.39 is 11.4 Å². The average Bonchev–Trinajstić information content (AvgIpc) is 2.88. The summed E-state index contributed by atoms with van der Waals surface area (Å²) in [5.41, 5.74) is 7.42. The van der Waals surface area contributed by atoms with Crippen molar-refractivity contribution < 1.29 is 13.9 Å². The van der Waals surface area contributed by atoms with Gasteiger partial charge in [-0.3, -0.25) is 9.69 Å². The first kappa shape index (κ1) is 29.0. The summed E-state index contributed by atoms with van der Waals surface area (Å²) in [5.74, 6) is -0.402. The fraction of sp³-hybridized carbons (Fsp3) is 0.393. The first-order chi connectivity index (χ1) is 18.4. The van der Waals surface area contributed by atoms with Crippen LogP contribution in [0.2, 0.25) is 10.0 Å². The summed E-state index contributed by atoms with van der Waals surface area (Å²) in [7, 11) is 0. The molecule has 8 nitrogen and oxygen atoms in total. The van der Waals surface area contributed by atoms with Crippen LogP contribution in [0, 0.1) is 5.82 Å². The van der Waals surface area contributed by atoms with Gasteiger partial charge in [-0.15, -0.1) is 0 Å². The van der Waals surface area contributed by atoms with Crippen LogP contribution in [0.25, 0.3) is 11.3 Å². The molecule has 1 amide bonds. The minimum Gasteiger partial charge on any atom is -0.444 e. The van der Waals surface area contributed by atoms with Crippen molar-refractivity contribution >= 4 is 29.3 Å². The van der Waals surface area contributed by atoms with Gasteiger partial charge in [0.25, 0.3) is 5.56 Å². The molecule has 1 fully saturated rings. The molecule has 4 rings (SSSR count). The van der Waals surface area contributed by atoms with Crippen molar-refractivity contribution in [2.24, 2.45) is 5.73 Å². The highest BCUT2D eigenvalue weighted by Gasteiger charge is 2.26. The van der Waals surface area contributed by atoms with E-state index in [2.05, 4.69) is 10.00 Å². The van der Waals surface area contributed by atoms with Gasteiger partial charge in [0, 0.05) is 71.6 Å². The quantitative estimate of drug-likeness (QED) is 0.448. The summed E-state index contributed by atoms with van der Waals surface area (Å²) in [6, 6.07) is 11.5. The van der Waals surface area contributed by atoms with Crippen LogP contribution in [-0.2, 0) is 24.4 Å². The third-order valence-electron chi connectivity index (χ3n) is 6.40. The molecule has 39 heavy (non-hydrogen) atoms. The van der Waals surface area contributed by atoms with Gasteiger partial charge >= 0.3 is 6.09 Å². The van der Waals surface area contributed by atoms with Crippen molar-refractivity contribution in [3.63, 3.8) is 0 Å². The maximum atomic E-state index is 14.1. The van der Waals surface area contributed by atoms with Crippen LogP contribution in [0.1, 0.15) is 37.5 Å². The van der Waals surface area contributed by atoms with E-state index in [1.165, 1.54) is 10.7 Å². The van der Waals surface area contributed by atoms with E-state index in [0.717, 1.165) is 0 Å². The van der Waals surface area contributed by atoms with Crippen LogP contribution in [0.15, 0.2) is 47.3 Å². The molecular weight excluding hydrogens is 544 g/mol. The highest BCUT2D eigenvalue weighted by molar-refractivity contribution is 6.35. The maximum absolute atomic E-state index is 14.1. The minimum atomic E-state index is -0.568. The Morgan fingerprint density at radius 2 is 1.69 bits per heavy atom. The number of nitrogens with two attached hydrogens (primary N) is 1. The summed E-state index contributed by atoms with van der Waals surface area (Å²) in [5, 5.41) is 5.43. The number of piperazine rings is 1. The molecule has 0 bridgehead atoms. The van der Waals surface area contributed by atoms with Gasteiger partial charge in [-0.05, 0) is 57.2 Å². The molecule has 0 aliphatic carbocycles. The molecular formula is C28H32Cl2FN5O3. The monoisotopic (exact) mass is 575 g/mol. The molecule has 0 unspecified atom stereocenters. The number of aromatic nitrogens is 2. The van der Waals surface area contributed by atoms with Gasteiger partial charge in [-0.25, -0.2) is 13.9 Å². The lowest BCUT2D eigenvalue weighted by atomic mass is 10.1. The molecule has 2 aromatic carbocycles. The molecule has 208 valence electrons. The first-order valence-corrected chi connectivity index (χ1v) is 13.4. The van der Waals surface area contributed by atoms with Crippen LogP contribution in [0.4, 0.5) is 9.18 Å². The third kappa shape index (κ3) is 7.16. The van der Waals surface area contributed by atoms with Crippen molar-refractivity contribution in [2.75, 3.05) is 26.2 Å². The molecule has 0 atom stereocenters.